The van der Waals surface area contributed by atoms with Crippen molar-refractivity contribution in [3.8, 4) is 0 Å². The van der Waals surface area contributed by atoms with E-state index in [4.69, 9.17) is 14.9 Å². The Labute approximate surface area is 130 Å². The van der Waals surface area contributed by atoms with Crippen LogP contribution in [0.4, 0.5) is 9.59 Å². The van der Waals surface area contributed by atoms with Gasteiger partial charge in [-0.15, -0.1) is 4.99 Å². The molecule has 0 atom stereocenters. The highest BCUT2D eigenvalue weighted by atomic mass is 16.6. The zero-order chi connectivity index (χ0) is 17.4. The highest BCUT2D eigenvalue weighted by Crippen LogP contribution is 2.09. The summed E-state index contributed by atoms with van der Waals surface area (Å²) in [6, 6.07) is 0. The van der Waals surface area contributed by atoms with E-state index in [9.17, 15) is 9.59 Å². The Bertz CT molecular complexity index is 470. The van der Waals surface area contributed by atoms with Gasteiger partial charge >= 0.3 is 12.2 Å². The van der Waals surface area contributed by atoms with E-state index in [-0.39, 0.29) is 12.4 Å². The first-order chi connectivity index (χ1) is 9.93. The average molecular weight is 312 g/mol. The van der Waals surface area contributed by atoms with Gasteiger partial charge in [-0.3, -0.25) is 5.32 Å². The summed E-state index contributed by atoms with van der Waals surface area (Å²) in [5.74, 6) is -0.259. The van der Waals surface area contributed by atoms with Crippen molar-refractivity contribution >= 4 is 30.6 Å². The number of guanidine groups is 1. The lowest BCUT2D eigenvalue weighted by molar-refractivity contribution is 0.0562. The van der Waals surface area contributed by atoms with E-state index in [0.29, 0.717) is 0 Å². The fourth-order valence-electron chi connectivity index (χ4n) is 1.05. The second-order valence-corrected chi connectivity index (χ2v) is 6.29. The zero-order valence-electron chi connectivity index (χ0n) is 13.9. The lowest BCUT2D eigenvalue weighted by atomic mass is 10.2. The number of hydrogen-bond donors (Lipinski definition) is 2. The lowest BCUT2D eigenvalue weighted by Gasteiger charge is -2.19. The van der Waals surface area contributed by atoms with E-state index in [1.807, 2.05) is 0 Å². The molecular weight excluding hydrogens is 288 g/mol. The number of alkyl carbamates (subject to hydrolysis) is 1. The molecule has 22 heavy (non-hydrogen) atoms. The van der Waals surface area contributed by atoms with Crippen molar-refractivity contribution in [3.05, 3.63) is 0 Å². The maximum atomic E-state index is 11.7. The van der Waals surface area contributed by atoms with Gasteiger partial charge in [-0.2, -0.15) is 0 Å². The summed E-state index contributed by atoms with van der Waals surface area (Å²) in [6.07, 6.45) is 1.01. The van der Waals surface area contributed by atoms with Crippen molar-refractivity contribution in [1.29, 1.82) is 5.41 Å². The Balaban J connectivity index is 5.00. The van der Waals surface area contributed by atoms with Crippen LogP contribution >= 0.6 is 0 Å². The first kappa shape index (κ1) is 19.8. The number of rotatable bonds is 2. The van der Waals surface area contributed by atoms with Crippen LogP contribution in [-0.4, -0.2) is 41.8 Å². The number of nitrogens with one attached hydrogen (secondary N) is 2. The molecule has 0 radical (unpaired) electrons. The van der Waals surface area contributed by atoms with Gasteiger partial charge in [0.15, 0.2) is 0 Å². The molecule has 0 aliphatic carbocycles. The van der Waals surface area contributed by atoms with E-state index in [1.165, 1.54) is 6.21 Å². The fourth-order valence-corrected chi connectivity index (χ4v) is 1.05. The molecule has 0 aromatic carbocycles. The Kier molecular flexibility index (Phi) is 7.41. The van der Waals surface area contributed by atoms with Crippen LogP contribution in [-0.2, 0) is 9.47 Å². The van der Waals surface area contributed by atoms with Crippen LogP contribution in [0, 0.1) is 5.41 Å². The molecule has 2 N–H and O–H groups in total. The molecule has 0 saturated carbocycles. The summed E-state index contributed by atoms with van der Waals surface area (Å²) < 4.78 is 10.1. The third kappa shape index (κ3) is 11.6. The predicted octanol–water partition coefficient (Wildman–Crippen LogP) is 2.91. The fraction of sp³-hybridized carbons (Fsp3) is 0.643. The molecule has 0 spiro atoms. The van der Waals surface area contributed by atoms with Crippen molar-refractivity contribution < 1.29 is 19.1 Å². The zero-order valence-corrected chi connectivity index (χ0v) is 13.9. The average Bonchev–Trinajstić information content (AvgIpc) is 2.23. The molecule has 0 aromatic heterocycles. The summed E-state index contributed by atoms with van der Waals surface area (Å²) in [5, 5.41) is 9.17. The Morgan fingerprint density at radius 3 is 2.09 bits per heavy atom. The SMILES string of the molecule is CC(C)(C)OC(=O)N=C(N=CCC=N)NC(=O)OC(C)(C)C. The quantitative estimate of drug-likeness (QED) is 0.602. The number of carbonyl (C=O) groups is 2. The van der Waals surface area contributed by atoms with Gasteiger partial charge in [0.25, 0.3) is 0 Å². The van der Waals surface area contributed by atoms with Crippen molar-refractivity contribution in [2.45, 2.75) is 59.2 Å². The molecule has 0 saturated heterocycles. The van der Waals surface area contributed by atoms with Crippen LogP contribution < -0.4 is 5.32 Å². The van der Waals surface area contributed by atoms with Crippen LogP contribution in [0.5, 0.6) is 0 Å². The molecular formula is C14H24N4O4. The van der Waals surface area contributed by atoms with E-state index < -0.39 is 23.4 Å². The minimum atomic E-state index is -0.884. The monoisotopic (exact) mass is 312 g/mol. The van der Waals surface area contributed by atoms with Gasteiger partial charge in [0, 0.05) is 18.9 Å². The van der Waals surface area contributed by atoms with Gasteiger partial charge in [0.1, 0.15) is 11.2 Å². The standard InChI is InChI=1S/C14H24N4O4/c1-13(2,3)21-11(19)17-10(16-9-7-8-15)18-12(20)22-14(4,5)6/h8-9,15H,7H2,1-6H3,(H,17,18,19,20). The summed E-state index contributed by atoms with van der Waals surface area (Å²) >= 11 is 0. The Morgan fingerprint density at radius 1 is 1.09 bits per heavy atom. The number of nitrogens with zero attached hydrogens (tertiary/aromatic N) is 2. The Hall–Kier alpha value is -2.25. The summed E-state index contributed by atoms with van der Waals surface area (Å²) in [6.45, 7) is 10.2. The van der Waals surface area contributed by atoms with E-state index >= 15 is 0 Å². The number of ether oxygens (including phenoxy) is 2. The number of hydrogen-bond acceptors (Lipinski definition) is 5. The molecule has 0 rings (SSSR count). The number of carbonyl (C=O) groups excluding carboxylic acids is 2. The molecule has 0 unspecified atom stereocenters. The summed E-state index contributed by atoms with van der Waals surface area (Å²) in [4.78, 5) is 30.7. The second-order valence-electron chi connectivity index (χ2n) is 6.29. The number of aliphatic imine (C=N–C) groups is 2. The predicted molar refractivity (Wildman–Crippen MR) is 84.9 cm³/mol. The molecule has 8 nitrogen and oxygen atoms in total. The van der Waals surface area contributed by atoms with Gasteiger partial charge in [-0.25, -0.2) is 14.6 Å². The highest BCUT2D eigenvalue weighted by Gasteiger charge is 2.19. The largest absolute Gasteiger partial charge is 0.444 e. The first-order valence-electron chi connectivity index (χ1n) is 6.76. The normalized spacial score (nSPS) is 12.9. The lowest BCUT2D eigenvalue weighted by Crippen LogP contribution is -2.36. The second kappa shape index (κ2) is 8.26. The molecule has 0 aromatic rings. The third-order valence-corrected chi connectivity index (χ3v) is 1.64. The molecule has 0 heterocycles. The van der Waals surface area contributed by atoms with Gasteiger partial charge in [-0.1, -0.05) is 0 Å². The molecule has 124 valence electrons. The van der Waals surface area contributed by atoms with E-state index in [2.05, 4.69) is 15.3 Å². The van der Waals surface area contributed by atoms with Crippen molar-refractivity contribution in [3.63, 3.8) is 0 Å². The Morgan fingerprint density at radius 2 is 1.64 bits per heavy atom. The first-order valence-corrected chi connectivity index (χ1v) is 6.76. The molecule has 8 heteroatoms. The molecule has 0 bridgehead atoms. The van der Waals surface area contributed by atoms with Crippen LogP contribution in [0.1, 0.15) is 48.0 Å². The van der Waals surface area contributed by atoms with E-state index in [0.717, 1.165) is 6.21 Å². The highest BCUT2D eigenvalue weighted by molar-refractivity contribution is 6.02. The van der Waals surface area contributed by atoms with Crippen LogP contribution in [0.25, 0.3) is 0 Å². The summed E-state index contributed by atoms with van der Waals surface area (Å²) in [7, 11) is 0. The molecule has 0 aliphatic rings. The minimum absolute atomic E-state index is 0.239. The maximum absolute atomic E-state index is 11.7. The van der Waals surface area contributed by atoms with Crippen molar-refractivity contribution in [2.24, 2.45) is 9.98 Å². The van der Waals surface area contributed by atoms with Crippen molar-refractivity contribution in [2.75, 3.05) is 0 Å². The maximum Gasteiger partial charge on any atom is 0.437 e. The summed E-state index contributed by atoms with van der Waals surface area (Å²) in [5.41, 5.74) is -1.41. The van der Waals surface area contributed by atoms with E-state index in [1.54, 1.807) is 41.5 Å². The third-order valence-electron chi connectivity index (χ3n) is 1.64. The van der Waals surface area contributed by atoms with Crippen LogP contribution in [0.3, 0.4) is 0 Å². The van der Waals surface area contributed by atoms with Crippen molar-refractivity contribution in [1.82, 2.24) is 5.32 Å². The van der Waals surface area contributed by atoms with Gasteiger partial charge in [-0.05, 0) is 41.5 Å². The van der Waals surface area contributed by atoms with Crippen LogP contribution in [0.2, 0.25) is 0 Å². The van der Waals surface area contributed by atoms with Gasteiger partial charge in [0.05, 0.1) is 0 Å². The molecule has 2 amide bonds. The molecule has 0 fully saturated rings. The van der Waals surface area contributed by atoms with Gasteiger partial charge in [0.2, 0.25) is 5.96 Å². The van der Waals surface area contributed by atoms with Crippen LogP contribution in [0.15, 0.2) is 9.98 Å². The smallest absolute Gasteiger partial charge is 0.437 e. The molecule has 0 aliphatic heterocycles. The number of amides is 2. The topological polar surface area (TPSA) is 113 Å². The minimum Gasteiger partial charge on any atom is -0.444 e. The van der Waals surface area contributed by atoms with Gasteiger partial charge < -0.3 is 14.9 Å².